The van der Waals surface area contributed by atoms with Crippen LogP contribution in [0.1, 0.15) is 36.1 Å². The van der Waals surface area contributed by atoms with Crippen LogP contribution in [0.25, 0.3) is 0 Å². The van der Waals surface area contributed by atoms with Gasteiger partial charge in [-0.05, 0) is 55.0 Å². The van der Waals surface area contributed by atoms with Crippen molar-refractivity contribution in [1.82, 2.24) is 5.32 Å². The number of hydrogen-bond donors (Lipinski definition) is 1. The number of nitrogens with one attached hydrogen (secondary N) is 1. The molecule has 0 aliphatic heterocycles. The molecule has 0 radical (unpaired) electrons. The predicted molar refractivity (Wildman–Crippen MR) is 91.9 cm³/mol. The molecule has 0 saturated carbocycles. The summed E-state index contributed by atoms with van der Waals surface area (Å²) in [6.45, 7) is 7.61. The molecule has 2 aromatic carbocycles. The summed E-state index contributed by atoms with van der Waals surface area (Å²) in [4.78, 5) is 0. The fraction of sp³-hybridized carbons (Fsp3) is 0.400. The molecular weight excluding hydrogens is 254 g/mol. The summed E-state index contributed by atoms with van der Waals surface area (Å²) in [5.41, 5.74) is 5.68. The summed E-state index contributed by atoms with van der Waals surface area (Å²) in [5, 5.41) is 3.64. The third-order valence-corrected chi connectivity index (χ3v) is 4.13. The smallest absolute Gasteiger partial charge is 0.0148 e. The maximum Gasteiger partial charge on any atom is 0.0148 e. The molecule has 112 valence electrons. The molecule has 2 aromatic rings. The lowest BCUT2D eigenvalue weighted by molar-refractivity contribution is 0.520. The van der Waals surface area contributed by atoms with Gasteiger partial charge >= 0.3 is 0 Å². The zero-order valence-electron chi connectivity index (χ0n) is 13.5. The number of benzene rings is 2. The first-order valence-corrected chi connectivity index (χ1v) is 8.08. The highest BCUT2D eigenvalue weighted by Gasteiger charge is 2.10. The lowest BCUT2D eigenvalue weighted by Gasteiger charge is -2.19. The molecule has 21 heavy (non-hydrogen) atoms. The van der Waals surface area contributed by atoms with Crippen LogP contribution in [0.2, 0.25) is 0 Å². The number of likely N-dealkylation sites (N-methyl/N-ethyl adjacent to an activating group) is 1. The molecule has 0 saturated heterocycles. The van der Waals surface area contributed by atoms with Crippen molar-refractivity contribution >= 4 is 0 Å². The van der Waals surface area contributed by atoms with Crippen LogP contribution in [-0.2, 0) is 19.3 Å². The second-order valence-corrected chi connectivity index (χ2v) is 5.76. The van der Waals surface area contributed by atoms with Crippen molar-refractivity contribution in [3.63, 3.8) is 0 Å². The summed E-state index contributed by atoms with van der Waals surface area (Å²) in [5.74, 6) is 0. The topological polar surface area (TPSA) is 12.0 Å². The average molecular weight is 281 g/mol. The van der Waals surface area contributed by atoms with Gasteiger partial charge in [0.25, 0.3) is 0 Å². The van der Waals surface area contributed by atoms with Crippen LogP contribution < -0.4 is 5.32 Å². The lowest BCUT2D eigenvalue weighted by atomic mass is 9.96. The van der Waals surface area contributed by atoms with Crippen LogP contribution in [0.15, 0.2) is 48.5 Å². The normalized spacial score (nSPS) is 12.3. The van der Waals surface area contributed by atoms with Crippen molar-refractivity contribution in [2.75, 3.05) is 6.54 Å². The lowest BCUT2D eigenvalue weighted by Crippen LogP contribution is -2.33. The Hall–Kier alpha value is -1.60. The van der Waals surface area contributed by atoms with Crippen LogP contribution >= 0.6 is 0 Å². The molecule has 1 unspecified atom stereocenters. The molecule has 0 aromatic heterocycles. The van der Waals surface area contributed by atoms with Crippen molar-refractivity contribution in [1.29, 1.82) is 0 Å². The molecule has 0 fully saturated rings. The second-order valence-electron chi connectivity index (χ2n) is 5.76. The van der Waals surface area contributed by atoms with Crippen molar-refractivity contribution in [2.45, 2.75) is 46.1 Å². The molecule has 0 heterocycles. The fourth-order valence-electron chi connectivity index (χ4n) is 2.81. The summed E-state index contributed by atoms with van der Waals surface area (Å²) in [6, 6.07) is 18.3. The molecule has 1 atom stereocenters. The Morgan fingerprint density at radius 2 is 1.52 bits per heavy atom. The highest BCUT2D eigenvalue weighted by atomic mass is 14.9. The van der Waals surface area contributed by atoms with Gasteiger partial charge in [0.05, 0.1) is 0 Å². The van der Waals surface area contributed by atoms with Gasteiger partial charge in [0, 0.05) is 6.04 Å². The average Bonchev–Trinajstić information content (AvgIpc) is 2.50. The molecule has 1 nitrogen and oxygen atoms in total. The third kappa shape index (κ3) is 4.71. The predicted octanol–water partition coefficient (Wildman–Crippen LogP) is 4.32. The first kappa shape index (κ1) is 15.8. The Labute approximate surface area is 129 Å². The van der Waals surface area contributed by atoms with E-state index in [1.54, 1.807) is 0 Å². The van der Waals surface area contributed by atoms with Crippen molar-refractivity contribution in [3.05, 3.63) is 70.8 Å². The van der Waals surface area contributed by atoms with E-state index in [2.05, 4.69) is 74.6 Å². The Morgan fingerprint density at radius 1 is 0.857 bits per heavy atom. The van der Waals surface area contributed by atoms with Gasteiger partial charge < -0.3 is 5.32 Å². The quantitative estimate of drug-likeness (QED) is 0.797. The van der Waals surface area contributed by atoms with E-state index in [1.807, 2.05) is 0 Å². The van der Waals surface area contributed by atoms with Crippen LogP contribution in [0.5, 0.6) is 0 Å². The van der Waals surface area contributed by atoms with E-state index in [9.17, 15) is 0 Å². The molecule has 2 rings (SSSR count). The van der Waals surface area contributed by atoms with Crippen LogP contribution in [0.4, 0.5) is 0 Å². The summed E-state index contributed by atoms with van der Waals surface area (Å²) >= 11 is 0. The second kappa shape index (κ2) is 7.99. The van der Waals surface area contributed by atoms with Crippen LogP contribution in [0, 0.1) is 6.92 Å². The number of rotatable bonds is 7. The minimum absolute atomic E-state index is 0.503. The van der Waals surface area contributed by atoms with E-state index < -0.39 is 0 Å². The van der Waals surface area contributed by atoms with E-state index in [-0.39, 0.29) is 0 Å². The van der Waals surface area contributed by atoms with Crippen LogP contribution in [0.3, 0.4) is 0 Å². The van der Waals surface area contributed by atoms with Gasteiger partial charge in [-0.3, -0.25) is 0 Å². The summed E-state index contributed by atoms with van der Waals surface area (Å²) in [6.07, 6.45) is 3.29. The monoisotopic (exact) mass is 281 g/mol. The van der Waals surface area contributed by atoms with Gasteiger partial charge in [0.1, 0.15) is 0 Å². The maximum absolute atomic E-state index is 3.64. The van der Waals surface area contributed by atoms with Gasteiger partial charge in [-0.25, -0.2) is 0 Å². The highest BCUT2D eigenvalue weighted by Crippen LogP contribution is 2.14. The van der Waals surface area contributed by atoms with Crippen molar-refractivity contribution in [2.24, 2.45) is 0 Å². The Bertz CT molecular complexity index is 542. The van der Waals surface area contributed by atoms with E-state index in [0.717, 1.165) is 25.8 Å². The third-order valence-electron chi connectivity index (χ3n) is 4.13. The van der Waals surface area contributed by atoms with Crippen LogP contribution in [-0.4, -0.2) is 12.6 Å². The summed E-state index contributed by atoms with van der Waals surface area (Å²) in [7, 11) is 0. The SMILES string of the molecule is CCNC(Cc1ccc(CC)cc1)Cc1ccccc1C. The first-order valence-electron chi connectivity index (χ1n) is 8.08. The fourth-order valence-corrected chi connectivity index (χ4v) is 2.81. The van der Waals surface area contributed by atoms with Crippen molar-refractivity contribution in [3.8, 4) is 0 Å². The Kier molecular flexibility index (Phi) is 6.01. The van der Waals surface area contributed by atoms with E-state index in [1.165, 1.54) is 22.3 Å². The molecule has 0 aliphatic rings. The molecule has 0 amide bonds. The van der Waals surface area contributed by atoms with Gasteiger partial charge in [-0.15, -0.1) is 0 Å². The Balaban J connectivity index is 2.06. The van der Waals surface area contributed by atoms with E-state index >= 15 is 0 Å². The van der Waals surface area contributed by atoms with Gasteiger partial charge in [-0.2, -0.15) is 0 Å². The largest absolute Gasteiger partial charge is 0.314 e. The van der Waals surface area contributed by atoms with Gasteiger partial charge in [-0.1, -0.05) is 62.4 Å². The minimum Gasteiger partial charge on any atom is -0.314 e. The zero-order chi connectivity index (χ0) is 15.1. The molecule has 0 bridgehead atoms. The van der Waals surface area contributed by atoms with E-state index in [0.29, 0.717) is 6.04 Å². The number of hydrogen-bond acceptors (Lipinski definition) is 1. The maximum atomic E-state index is 3.64. The number of aryl methyl sites for hydroxylation is 2. The molecule has 1 N–H and O–H groups in total. The van der Waals surface area contributed by atoms with E-state index in [4.69, 9.17) is 0 Å². The molecule has 0 spiro atoms. The van der Waals surface area contributed by atoms with Gasteiger partial charge in [0.2, 0.25) is 0 Å². The standard InChI is InChI=1S/C20H27N/c1-4-17-10-12-18(13-11-17)14-20(21-5-2)15-19-9-7-6-8-16(19)3/h6-13,20-21H,4-5,14-15H2,1-3H3. The van der Waals surface area contributed by atoms with Gasteiger partial charge in [0.15, 0.2) is 0 Å². The zero-order valence-corrected chi connectivity index (χ0v) is 13.5. The first-order chi connectivity index (χ1) is 10.2. The minimum atomic E-state index is 0.503. The molecular formula is C20H27N. The van der Waals surface area contributed by atoms with Crippen molar-refractivity contribution < 1.29 is 0 Å². The molecule has 0 aliphatic carbocycles. The summed E-state index contributed by atoms with van der Waals surface area (Å²) < 4.78 is 0. The Morgan fingerprint density at radius 3 is 2.14 bits per heavy atom. The highest BCUT2D eigenvalue weighted by molar-refractivity contribution is 5.28. The molecule has 1 heteroatoms.